The summed E-state index contributed by atoms with van der Waals surface area (Å²) in [4.78, 5) is 20.0. The fraction of sp³-hybridized carbons (Fsp3) is 0.370. The third kappa shape index (κ3) is 6.40. The van der Waals surface area contributed by atoms with E-state index >= 15 is 0 Å². The van der Waals surface area contributed by atoms with Gasteiger partial charge >= 0.3 is 0 Å². The molecule has 2 N–H and O–H groups in total. The quantitative estimate of drug-likeness (QED) is 0.318. The topological polar surface area (TPSA) is 74.6 Å². The van der Waals surface area contributed by atoms with Gasteiger partial charge in [-0.2, -0.15) is 4.52 Å². The van der Waals surface area contributed by atoms with Crippen LogP contribution in [0.1, 0.15) is 39.7 Å². The van der Waals surface area contributed by atoms with Crippen molar-refractivity contribution in [2.75, 3.05) is 23.8 Å². The predicted octanol–water partition coefficient (Wildman–Crippen LogP) is 5.38. The average molecular weight is 509 g/mol. The third-order valence-corrected chi connectivity index (χ3v) is 6.65. The van der Waals surface area contributed by atoms with Crippen LogP contribution in [0, 0.1) is 5.82 Å². The third-order valence-electron chi connectivity index (χ3n) is 5.63. The first-order valence-corrected chi connectivity index (χ1v) is 12.9. The van der Waals surface area contributed by atoms with Crippen LogP contribution in [0.2, 0.25) is 0 Å². The zero-order valence-electron chi connectivity index (χ0n) is 21.4. The molecule has 0 bridgehead atoms. The monoisotopic (exact) mass is 508 g/mol. The van der Waals surface area contributed by atoms with Gasteiger partial charge in [-0.15, -0.1) is 5.10 Å². The van der Waals surface area contributed by atoms with Gasteiger partial charge in [0.25, 0.3) is 0 Å². The van der Waals surface area contributed by atoms with Gasteiger partial charge in [0.05, 0.1) is 6.54 Å². The van der Waals surface area contributed by atoms with Crippen molar-refractivity contribution in [2.45, 2.75) is 52.1 Å². The smallest absolute Gasteiger partial charge is 0.239 e. The second-order valence-electron chi connectivity index (χ2n) is 10.1. The number of hydrogen-bond acceptors (Lipinski definition) is 6. The number of aromatic nitrogens is 3. The maximum absolute atomic E-state index is 13.5. The van der Waals surface area contributed by atoms with Gasteiger partial charge in [-0.25, -0.2) is 9.37 Å². The molecule has 0 aliphatic carbocycles. The molecule has 0 fully saturated rings. The number of carbonyl (C=O) groups excluding carboxylic acids is 1. The first-order chi connectivity index (χ1) is 17.1. The van der Waals surface area contributed by atoms with Crippen LogP contribution in [0.4, 0.5) is 15.3 Å². The first-order valence-electron chi connectivity index (χ1n) is 12.1. The fourth-order valence-electron chi connectivity index (χ4n) is 3.87. The molecule has 1 amide bonds. The van der Waals surface area contributed by atoms with Crippen molar-refractivity contribution in [2.24, 2.45) is 0 Å². The number of halogens is 1. The van der Waals surface area contributed by atoms with Crippen LogP contribution in [0.3, 0.4) is 0 Å². The second-order valence-corrected chi connectivity index (χ2v) is 11.1. The summed E-state index contributed by atoms with van der Waals surface area (Å²) >= 11 is 1.41. The Kier molecular flexibility index (Phi) is 7.59. The zero-order valence-corrected chi connectivity index (χ0v) is 22.2. The molecule has 2 heterocycles. The fourth-order valence-corrected chi connectivity index (χ4v) is 4.73. The summed E-state index contributed by atoms with van der Waals surface area (Å²) in [6.45, 7) is 8.40. The van der Waals surface area contributed by atoms with Crippen molar-refractivity contribution >= 4 is 33.2 Å². The van der Waals surface area contributed by atoms with Crippen LogP contribution >= 0.6 is 11.3 Å². The Morgan fingerprint density at radius 2 is 1.83 bits per heavy atom. The van der Waals surface area contributed by atoms with Gasteiger partial charge in [0.1, 0.15) is 11.5 Å². The molecule has 36 heavy (non-hydrogen) atoms. The highest BCUT2D eigenvalue weighted by Crippen LogP contribution is 2.34. The highest BCUT2D eigenvalue weighted by Gasteiger charge is 2.23. The van der Waals surface area contributed by atoms with Gasteiger partial charge in [-0.05, 0) is 70.4 Å². The average Bonchev–Trinajstić information content (AvgIpc) is 3.37. The van der Waals surface area contributed by atoms with Crippen molar-refractivity contribution < 1.29 is 9.18 Å². The Labute approximate surface area is 215 Å². The highest BCUT2D eigenvalue weighted by molar-refractivity contribution is 7.20. The molecule has 4 rings (SSSR count). The van der Waals surface area contributed by atoms with Crippen molar-refractivity contribution in [3.8, 4) is 11.3 Å². The molecule has 2 aromatic heterocycles. The van der Waals surface area contributed by atoms with E-state index in [4.69, 9.17) is 10.1 Å². The second kappa shape index (κ2) is 10.7. The minimum atomic E-state index is -0.292. The number of rotatable bonds is 9. The molecule has 0 aliphatic rings. The number of nitrogens with one attached hydrogen (secondary N) is 2. The van der Waals surface area contributed by atoms with Crippen LogP contribution in [0.5, 0.6) is 0 Å². The lowest BCUT2D eigenvalue weighted by Crippen LogP contribution is -2.40. The van der Waals surface area contributed by atoms with E-state index in [1.54, 1.807) is 16.6 Å². The van der Waals surface area contributed by atoms with Crippen LogP contribution in [-0.4, -0.2) is 45.7 Å². The first kappa shape index (κ1) is 25.6. The Bertz CT molecular complexity index is 1310. The number of imidazole rings is 1. The lowest BCUT2D eigenvalue weighted by atomic mass is 10.1. The maximum atomic E-state index is 13.5. The van der Waals surface area contributed by atoms with Crippen LogP contribution in [-0.2, 0) is 11.2 Å². The largest absolute Gasteiger partial charge is 0.364 e. The van der Waals surface area contributed by atoms with Crippen LogP contribution in [0.25, 0.3) is 16.2 Å². The summed E-state index contributed by atoms with van der Waals surface area (Å²) in [5, 5.41) is 12.0. The predicted molar refractivity (Wildman–Crippen MR) is 145 cm³/mol. The molecular formula is C27H33FN6OS. The summed E-state index contributed by atoms with van der Waals surface area (Å²) < 4.78 is 15.2. The van der Waals surface area contributed by atoms with Crippen LogP contribution in [0.15, 0.2) is 54.6 Å². The lowest BCUT2D eigenvalue weighted by molar-refractivity contribution is -0.120. The number of carbonyl (C=O) groups is 1. The van der Waals surface area contributed by atoms with Gasteiger partial charge in [-0.1, -0.05) is 41.7 Å². The summed E-state index contributed by atoms with van der Waals surface area (Å²) in [5.74, 6) is 0.393. The summed E-state index contributed by atoms with van der Waals surface area (Å²) in [6.07, 6.45) is 1.79. The minimum absolute atomic E-state index is 0.0501. The summed E-state index contributed by atoms with van der Waals surface area (Å²) in [7, 11) is 1.85. The van der Waals surface area contributed by atoms with E-state index < -0.39 is 0 Å². The molecule has 1 unspecified atom stereocenters. The number of amides is 1. The maximum Gasteiger partial charge on any atom is 0.239 e. The summed E-state index contributed by atoms with van der Waals surface area (Å²) in [5.41, 5.74) is 2.54. The number of aryl methyl sites for hydroxylation is 1. The molecular weight excluding hydrogens is 475 g/mol. The normalized spacial score (nSPS) is 12.5. The molecule has 0 aliphatic heterocycles. The standard InChI is InChI=1S/C27H33FN6OS/c1-18(11-12-19-9-7-6-8-10-19)29-22(35)17-33(5)26-32-34-24(31-27(2,3)4)23(30-25(34)36-26)20-13-15-21(28)16-14-20/h6-10,13-16,18,31H,11-12,17H2,1-5H3,(H,29,35). The van der Waals surface area contributed by atoms with E-state index in [1.165, 1.54) is 29.0 Å². The van der Waals surface area contributed by atoms with Gasteiger partial charge < -0.3 is 15.5 Å². The molecule has 0 saturated carbocycles. The number of likely N-dealkylation sites (N-methyl/N-ethyl adjacent to an activating group) is 1. The van der Waals surface area contributed by atoms with Gasteiger partial charge in [0.15, 0.2) is 5.82 Å². The number of nitrogens with zero attached hydrogens (tertiary/aromatic N) is 4. The molecule has 2 aromatic carbocycles. The van der Waals surface area contributed by atoms with E-state index in [2.05, 4.69) is 43.5 Å². The Morgan fingerprint density at radius 3 is 2.50 bits per heavy atom. The van der Waals surface area contributed by atoms with E-state index in [-0.39, 0.29) is 29.8 Å². The van der Waals surface area contributed by atoms with E-state index in [0.29, 0.717) is 15.8 Å². The number of benzene rings is 2. The molecule has 0 spiro atoms. The molecule has 190 valence electrons. The van der Waals surface area contributed by atoms with Crippen molar-refractivity contribution in [3.05, 3.63) is 66.0 Å². The molecule has 9 heteroatoms. The summed E-state index contributed by atoms with van der Waals surface area (Å²) in [6, 6.07) is 16.6. The van der Waals surface area contributed by atoms with Gasteiger partial charge in [0, 0.05) is 24.2 Å². The van der Waals surface area contributed by atoms with Crippen molar-refractivity contribution in [1.82, 2.24) is 19.9 Å². The molecule has 7 nitrogen and oxygen atoms in total. The highest BCUT2D eigenvalue weighted by atomic mass is 32.1. The van der Waals surface area contributed by atoms with E-state index in [1.807, 2.05) is 37.1 Å². The number of anilines is 2. The minimum Gasteiger partial charge on any atom is -0.364 e. The molecule has 4 aromatic rings. The zero-order chi connectivity index (χ0) is 25.9. The Balaban J connectivity index is 1.46. The Hall–Kier alpha value is -3.46. The molecule has 1 atom stereocenters. The van der Waals surface area contributed by atoms with Crippen molar-refractivity contribution in [1.29, 1.82) is 0 Å². The Morgan fingerprint density at radius 1 is 1.14 bits per heavy atom. The van der Waals surface area contributed by atoms with Gasteiger partial charge in [0.2, 0.25) is 16.0 Å². The van der Waals surface area contributed by atoms with E-state index in [9.17, 15) is 9.18 Å². The number of hydrogen-bond donors (Lipinski definition) is 2. The molecule has 0 saturated heterocycles. The van der Waals surface area contributed by atoms with Crippen molar-refractivity contribution in [3.63, 3.8) is 0 Å². The molecule has 0 radical (unpaired) electrons. The van der Waals surface area contributed by atoms with Gasteiger partial charge in [-0.3, -0.25) is 4.79 Å². The van der Waals surface area contributed by atoms with E-state index in [0.717, 1.165) is 24.2 Å². The lowest BCUT2D eigenvalue weighted by Gasteiger charge is -2.22. The SMILES string of the molecule is CC(CCc1ccccc1)NC(=O)CN(C)c1nn2c(NC(C)(C)C)c(-c3ccc(F)cc3)nc2s1. The number of fused-ring (bicyclic) bond motifs is 1. The van der Waals surface area contributed by atoms with Crippen LogP contribution < -0.4 is 15.5 Å².